The van der Waals surface area contributed by atoms with Crippen LogP contribution in [-0.4, -0.2) is 49.6 Å². The number of rotatable bonds is 7. The van der Waals surface area contributed by atoms with Crippen LogP contribution >= 0.6 is 35.3 Å². The molecule has 1 aliphatic heterocycles. The minimum atomic E-state index is -4.42. The number of methoxy groups -OCH3 is 1. The number of benzene rings is 1. The first-order valence-corrected chi connectivity index (χ1v) is 10.6. The first-order chi connectivity index (χ1) is 14.4. The Balaban J connectivity index is 0.00000341. The SMILES string of the molecule is CN=C(NCc1nc(C(F)(F)F)cs1)NCC(c1ccc(OC)cc1)N1CCCC1.I. The van der Waals surface area contributed by atoms with Crippen LogP contribution in [0.25, 0.3) is 0 Å². The van der Waals surface area contributed by atoms with E-state index in [0.29, 0.717) is 17.5 Å². The maximum absolute atomic E-state index is 12.7. The zero-order valence-corrected chi connectivity index (χ0v) is 20.6. The van der Waals surface area contributed by atoms with Gasteiger partial charge in [-0.15, -0.1) is 35.3 Å². The molecular weight excluding hydrogens is 542 g/mol. The number of hydrogen-bond acceptors (Lipinski definition) is 5. The third kappa shape index (κ3) is 7.21. The minimum Gasteiger partial charge on any atom is -0.497 e. The molecule has 1 unspecified atom stereocenters. The van der Waals surface area contributed by atoms with E-state index in [1.165, 1.54) is 18.4 Å². The lowest BCUT2D eigenvalue weighted by molar-refractivity contribution is -0.140. The highest BCUT2D eigenvalue weighted by atomic mass is 127. The Kier molecular flexibility index (Phi) is 9.82. The topological polar surface area (TPSA) is 61.8 Å². The predicted octanol–water partition coefficient (Wildman–Crippen LogP) is 4.29. The van der Waals surface area contributed by atoms with Crippen molar-refractivity contribution in [1.29, 1.82) is 0 Å². The highest BCUT2D eigenvalue weighted by Crippen LogP contribution is 2.30. The van der Waals surface area contributed by atoms with Crippen molar-refractivity contribution in [3.8, 4) is 5.75 Å². The molecule has 0 saturated carbocycles. The molecule has 31 heavy (non-hydrogen) atoms. The lowest BCUT2D eigenvalue weighted by Gasteiger charge is -2.29. The summed E-state index contributed by atoms with van der Waals surface area (Å²) >= 11 is 0.978. The van der Waals surface area contributed by atoms with Gasteiger partial charge in [0.25, 0.3) is 0 Å². The van der Waals surface area contributed by atoms with Crippen LogP contribution in [0.15, 0.2) is 34.6 Å². The van der Waals surface area contributed by atoms with Gasteiger partial charge in [0.05, 0.1) is 19.7 Å². The Hall–Kier alpha value is -1.60. The van der Waals surface area contributed by atoms with Gasteiger partial charge in [0.2, 0.25) is 0 Å². The van der Waals surface area contributed by atoms with Crippen molar-refractivity contribution < 1.29 is 17.9 Å². The molecule has 1 fully saturated rings. The van der Waals surface area contributed by atoms with Crippen LogP contribution in [0.4, 0.5) is 13.2 Å². The van der Waals surface area contributed by atoms with Crippen molar-refractivity contribution in [2.75, 3.05) is 33.8 Å². The number of nitrogens with zero attached hydrogens (tertiary/aromatic N) is 3. The molecule has 3 rings (SSSR count). The standard InChI is InChI=1S/C20H26F3N5OS.HI/c1-24-19(26-12-18-27-17(13-30-18)20(21,22)23)25-11-16(28-9-3-4-10-28)14-5-7-15(29-2)8-6-14;/h5-8,13,16H,3-4,9-12H2,1-2H3,(H2,24,25,26);1H. The fourth-order valence-electron chi connectivity index (χ4n) is 3.43. The number of aliphatic imine (C=N–C) groups is 1. The fraction of sp³-hybridized carbons (Fsp3) is 0.500. The molecular formula is C20H27F3IN5OS. The van der Waals surface area contributed by atoms with E-state index < -0.39 is 11.9 Å². The summed E-state index contributed by atoms with van der Waals surface area (Å²) in [6.07, 6.45) is -2.08. The molecule has 1 aromatic carbocycles. The van der Waals surface area contributed by atoms with E-state index in [-0.39, 0.29) is 36.6 Å². The molecule has 11 heteroatoms. The molecule has 2 heterocycles. The van der Waals surface area contributed by atoms with Crippen LogP contribution in [0.3, 0.4) is 0 Å². The Morgan fingerprint density at radius 3 is 2.45 bits per heavy atom. The summed E-state index contributed by atoms with van der Waals surface area (Å²) < 4.78 is 43.4. The molecule has 0 amide bonds. The van der Waals surface area contributed by atoms with Crippen molar-refractivity contribution in [1.82, 2.24) is 20.5 Å². The number of nitrogens with one attached hydrogen (secondary N) is 2. The summed E-state index contributed by atoms with van der Waals surface area (Å²) in [4.78, 5) is 10.3. The van der Waals surface area contributed by atoms with Crippen molar-refractivity contribution in [2.45, 2.75) is 31.6 Å². The first kappa shape index (κ1) is 25.7. The van der Waals surface area contributed by atoms with E-state index in [2.05, 4.69) is 37.6 Å². The molecule has 1 aromatic heterocycles. The van der Waals surface area contributed by atoms with Gasteiger partial charge in [0.15, 0.2) is 11.7 Å². The first-order valence-electron chi connectivity index (χ1n) is 9.75. The highest BCUT2D eigenvalue weighted by Gasteiger charge is 2.33. The molecule has 2 N–H and O–H groups in total. The molecule has 2 aromatic rings. The summed E-state index contributed by atoms with van der Waals surface area (Å²) in [5.41, 5.74) is 0.316. The summed E-state index contributed by atoms with van der Waals surface area (Å²) in [5, 5.41) is 7.73. The Labute approximate surface area is 201 Å². The molecule has 1 aliphatic rings. The second-order valence-corrected chi connectivity index (χ2v) is 7.91. The number of ether oxygens (including phenoxy) is 1. The molecule has 1 saturated heterocycles. The number of halogens is 4. The van der Waals surface area contributed by atoms with Crippen LogP contribution in [0.1, 0.15) is 35.1 Å². The second kappa shape index (κ2) is 11.9. The Morgan fingerprint density at radius 1 is 1.23 bits per heavy atom. The normalized spacial score (nSPS) is 16.0. The van der Waals surface area contributed by atoms with Gasteiger partial charge in [-0.3, -0.25) is 9.89 Å². The average molecular weight is 569 g/mol. The highest BCUT2D eigenvalue weighted by molar-refractivity contribution is 14.0. The van der Waals surface area contributed by atoms with Gasteiger partial charge in [-0.2, -0.15) is 13.2 Å². The van der Waals surface area contributed by atoms with Gasteiger partial charge >= 0.3 is 6.18 Å². The van der Waals surface area contributed by atoms with Gasteiger partial charge in [0, 0.05) is 19.0 Å². The third-order valence-electron chi connectivity index (χ3n) is 5.02. The zero-order chi connectivity index (χ0) is 21.6. The van der Waals surface area contributed by atoms with Crippen molar-refractivity contribution in [2.24, 2.45) is 4.99 Å². The zero-order valence-electron chi connectivity index (χ0n) is 17.4. The predicted molar refractivity (Wildman–Crippen MR) is 127 cm³/mol. The Morgan fingerprint density at radius 2 is 1.90 bits per heavy atom. The molecule has 172 valence electrons. The van der Waals surface area contributed by atoms with Crippen molar-refractivity contribution >= 4 is 41.3 Å². The number of alkyl halides is 3. The quantitative estimate of drug-likeness (QED) is 0.296. The number of aromatic nitrogens is 1. The van der Waals surface area contributed by atoms with E-state index in [4.69, 9.17) is 4.74 Å². The van der Waals surface area contributed by atoms with Crippen LogP contribution in [0, 0.1) is 0 Å². The van der Waals surface area contributed by atoms with Crippen LogP contribution < -0.4 is 15.4 Å². The second-order valence-electron chi connectivity index (χ2n) is 6.96. The summed E-state index contributed by atoms with van der Waals surface area (Å²) in [5.74, 6) is 1.34. The monoisotopic (exact) mass is 569 g/mol. The molecule has 6 nitrogen and oxygen atoms in total. The van der Waals surface area contributed by atoms with E-state index in [1.54, 1.807) is 14.2 Å². The smallest absolute Gasteiger partial charge is 0.434 e. The maximum Gasteiger partial charge on any atom is 0.434 e. The maximum atomic E-state index is 12.7. The van der Waals surface area contributed by atoms with Gasteiger partial charge < -0.3 is 15.4 Å². The van der Waals surface area contributed by atoms with Gasteiger partial charge in [-0.05, 0) is 43.6 Å². The molecule has 1 atom stereocenters. The summed E-state index contributed by atoms with van der Waals surface area (Å²) in [6.45, 7) is 2.86. The van der Waals surface area contributed by atoms with E-state index >= 15 is 0 Å². The van der Waals surface area contributed by atoms with Crippen molar-refractivity contribution in [3.05, 3.63) is 45.9 Å². The third-order valence-corrected chi connectivity index (χ3v) is 5.87. The van der Waals surface area contributed by atoms with Crippen LogP contribution in [0.5, 0.6) is 5.75 Å². The molecule has 0 aliphatic carbocycles. The van der Waals surface area contributed by atoms with Gasteiger partial charge in [0.1, 0.15) is 10.8 Å². The molecule has 0 spiro atoms. The summed E-state index contributed by atoms with van der Waals surface area (Å²) in [6, 6.07) is 8.19. The minimum absolute atomic E-state index is 0. The number of guanidine groups is 1. The summed E-state index contributed by atoms with van der Waals surface area (Å²) in [7, 11) is 3.28. The van der Waals surface area contributed by atoms with E-state index in [1.807, 2.05) is 12.1 Å². The van der Waals surface area contributed by atoms with Crippen LogP contribution in [0.2, 0.25) is 0 Å². The van der Waals surface area contributed by atoms with E-state index in [0.717, 1.165) is 35.6 Å². The average Bonchev–Trinajstić information content (AvgIpc) is 3.43. The molecule has 0 radical (unpaired) electrons. The number of thiazole rings is 1. The van der Waals surface area contributed by atoms with Crippen LogP contribution in [-0.2, 0) is 12.7 Å². The van der Waals surface area contributed by atoms with Gasteiger partial charge in [-0.25, -0.2) is 4.98 Å². The number of likely N-dealkylation sites (tertiary alicyclic amines) is 1. The molecule has 0 bridgehead atoms. The largest absolute Gasteiger partial charge is 0.497 e. The van der Waals surface area contributed by atoms with E-state index in [9.17, 15) is 13.2 Å². The number of hydrogen-bond donors (Lipinski definition) is 2. The lowest BCUT2D eigenvalue weighted by Crippen LogP contribution is -2.42. The fourth-order valence-corrected chi connectivity index (χ4v) is 4.17. The Bertz CT molecular complexity index is 838. The lowest BCUT2D eigenvalue weighted by atomic mass is 10.1. The van der Waals surface area contributed by atoms with Crippen molar-refractivity contribution in [3.63, 3.8) is 0 Å². The van der Waals surface area contributed by atoms with Gasteiger partial charge in [-0.1, -0.05) is 12.1 Å².